The van der Waals surface area contributed by atoms with Crippen molar-refractivity contribution >= 4 is 11.7 Å². The predicted molar refractivity (Wildman–Crippen MR) is 68.1 cm³/mol. The first-order chi connectivity index (χ1) is 8.72. The topological polar surface area (TPSA) is 47.6 Å². The van der Waals surface area contributed by atoms with E-state index in [4.69, 9.17) is 9.47 Å². The number of hydrogen-bond acceptors (Lipinski definition) is 4. The van der Waals surface area contributed by atoms with E-state index in [9.17, 15) is 4.79 Å². The highest BCUT2D eigenvalue weighted by atomic mass is 16.5. The zero-order chi connectivity index (χ0) is 12.6. The fourth-order valence-corrected chi connectivity index (χ4v) is 2.60. The Morgan fingerprint density at radius 2 is 2.28 bits per heavy atom. The highest BCUT2D eigenvalue weighted by molar-refractivity contribution is 5.91. The number of carbonyl (C=O) groups excluding carboxylic acids is 1. The lowest BCUT2D eigenvalue weighted by Gasteiger charge is -2.40. The lowest BCUT2D eigenvalue weighted by Crippen LogP contribution is -2.40. The van der Waals surface area contributed by atoms with Crippen molar-refractivity contribution in [2.24, 2.45) is 5.41 Å². The number of esters is 1. The maximum atomic E-state index is 11.5. The summed E-state index contributed by atoms with van der Waals surface area (Å²) in [6.45, 7) is 1.69. The standard InChI is InChI=1S/C14H17NO3/c1-17-13(16)10-3-4-12-11(7-10)15-8-14(9-18-12)5-2-6-14/h3-4,7,15H,2,5-6,8-9H2,1H3. The van der Waals surface area contributed by atoms with Crippen LogP contribution >= 0.6 is 0 Å². The molecule has 1 saturated carbocycles. The van der Waals surface area contributed by atoms with Crippen molar-refractivity contribution in [2.45, 2.75) is 19.3 Å². The van der Waals surface area contributed by atoms with Crippen LogP contribution in [0.4, 0.5) is 5.69 Å². The zero-order valence-corrected chi connectivity index (χ0v) is 10.5. The number of methoxy groups -OCH3 is 1. The molecule has 0 amide bonds. The zero-order valence-electron chi connectivity index (χ0n) is 10.5. The molecule has 96 valence electrons. The molecule has 4 nitrogen and oxygen atoms in total. The van der Waals surface area contributed by atoms with Gasteiger partial charge in [0.25, 0.3) is 0 Å². The highest BCUT2D eigenvalue weighted by Gasteiger charge is 2.39. The Kier molecular flexibility index (Phi) is 2.65. The van der Waals surface area contributed by atoms with Crippen molar-refractivity contribution in [3.63, 3.8) is 0 Å². The van der Waals surface area contributed by atoms with E-state index < -0.39 is 0 Å². The van der Waals surface area contributed by atoms with E-state index in [1.54, 1.807) is 12.1 Å². The molecule has 1 aliphatic carbocycles. The molecule has 2 aliphatic rings. The summed E-state index contributed by atoms with van der Waals surface area (Å²) in [5.74, 6) is 0.508. The van der Waals surface area contributed by atoms with E-state index in [0.29, 0.717) is 11.0 Å². The Morgan fingerprint density at radius 3 is 2.94 bits per heavy atom. The monoisotopic (exact) mass is 247 g/mol. The molecule has 0 radical (unpaired) electrons. The summed E-state index contributed by atoms with van der Waals surface area (Å²) in [5.41, 5.74) is 1.74. The van der Waals surface area contributed by atoms with Gasteiger partial charge in [0.15, 0.2) is 0 Å². The SMILES string of the molecule is COC(=O)c1ccc2c(c1)NCC1(CCC1)CO2. The van der Waals surface area contributed by atoms with Crippen LogP contribution in [-0.2, 0) is 4.74 Å². The number of anilines is 1. The molecule has 3 rings (SSSR count). The number of rotatable bonds is 1. The molecule has 1 heterocycles. The average molecular weight is 247 g/mol. The maximum Gasteiger partial charge on any atom is 0.337 e. The summed E-state index contributed by atoms with van der Waals surface area (Å²) in [6, 6.07) is 5.39. The van der Waals surface area contributed by atoms with Crippen molar-refractivity contribution in [3.05, 3.63) is 23.8 Å². The highest BCUT2D eigenvalue weighted by Crippen LogP contribution is 2.44. The number of nitrogens with one attached hydrogen (secondary N) is 1. The molecule has 1 aromatic rings. The van der Waals surface area contributed by atoms with Gasteiger partial charge >= 0.3 is 5.97 Å². The molecule has 1 spiro atoms. The van der Waals surface area contributed by atoms with E-state index in [-0.39, 0.29) is 5.97 Å². The second-order valence-corrected chi connectivity index (χ2v) is 5.20. The molecule has 0 aromatic heterocycles. The van der Waals surface area contributed by atoms with Crippen LogP contribution in [0, 0.1) is 5.41 Å². The number of hydrogen-bond donors (Lipinski definition) is 1. The molecule has 0 unspecified atom stereocenters. The van der Waals surface area contributed by atoms with Gasteiger partial charge < -0.3 is 14.8 Å². The summed E-state index contributed by atoms with van der Waals surface area (Å²) in [7, 11) is 1.39. The average Bonchev–Trinajstić information content (AvgIpc) is 2.56. The first-order valence-electron chi connectivity index (χ1n) is 6.32. The Morgan fingerprint density at radius 1 is 1.44 bits per heavy atom. The maximum absolute atomic E-state index is 11.5. The largest absolute Gasteiger partial charge is 0.491 e. The summed E-state index contributed by atoms with van der Waals surface area (Å²) >= 11 is 0. The minimum absolute atomic E-state index is 0.296. The van der Waals surface area contributed by atoms with E-state index >= 15 is 0 Å². The molecule has 1 N–H and O–H groups in total. The van der Waals surface area contributed by atoms with Crippen molar-refractivity contribution in [1.29, 1.82) is 0 Å². The van der Waals surface area contributed by atoms with E-state index in [1.165, 1.54) is 26.4 Å². The van der Waals surface area contributed by atoms with Crippen LogP contribution in [-0.4, -0.2) is 26.2 Å². The van der Waals surface area contributed by atoms with Gasteiger partial charge in [0.1, 0.15) is 5.75 Å². The Balaban J connectivity index is 1.85. The van der Waals surface area contributed by atoms with Gasteiger partial charge in [0, 0.05) is 12.0 Å². The number of carbonyl (C=O) groups is 1. The predicted octanol–water partition coefficient (Wildman–Crippen LogP) is 2.45. The van der Waals surface area contributed by atoms with Crippen LogP contribution in [0.2, 0.25) is 0 Å². The number of ether oxygens (including phenoxy) is 2. The van der Waals surface area contributed by atoms with E-state index in [2.05, 4.69) is 5.32 Å². The fourth-order valence-electron chi connectivity index (χ4n) is 2.60. The molecule has 18 heavy (non-hydrogen) atoms. The lowest BCUT2D eigenvalue weighted by atomic mass is 9.69. The quantitative estimate of drug-likeness (QED) is 0.774. The summed E-state index contributed by atoms with van der Waals surface area (Å²) < 4.78 is 10.6. The summed E-state index contributed by atoms with van der Waals surface area (Å²) in [5, 5.41) is 3.40. The van der Waals surface area contributed by atoms with Crippen LogP contribution in [0.15, 0.2) is 18.2 Å². The lowest BCUT2D eigenvalue weighted by molar-refractivity contribution is 0.0600. The van der Waals surface area contributed by atoms with Gasteiger partial charge in [-0.05, 0) is 31.0 Å². The second-order valence-electron chi connectivity index (χ2n) is 5.20. The fraction of sp³-hybridized carbons (Fsp3) is 0.500. The Hall–Kier alpha value is -1.71. The van der Waals surface area contributed by atoms with Crippen LogP contribution < -0.4 is 10.1 Å². The van der Waals surface area contributed by atoms with Gasteiger partial charge in [-0.3, -0.25) is 0 Å². The van der Waals surface area contributed by atoms with Gasteiger partial charge in [0.05, 0.1) is 25.0 Å². The van der Waals surface area contributed by atoms with Gasteiger partial charge in [-0.25, -0.2) is 4.79 Å². The first kappa shape index (κ1) is 11.4. The van der Waals surface area contributed by atoms with Crippen LogP contribution in [0.1, 0.15) is 29.6 Å². The van der Waals surface area contributed by atoms with Gasteiger partial charge in [0.2, 0.25) is 0 Å². The Labute approximate surface area is 106 Å². The third-order valence-corrected chi connectivity index (χ3v) is 4.00. The van der Waals surface area contributed by atoms with Crippen LogP contribution in [0.5, 0.6) is 5.75 Å². The van der Waals surface area contributed by atoms with Gasteiger partial charge in [-0.2, -0.15) is 0 Å². The molecular formula is C14H17NO3. The third kappa shape index (κ3) is 1.82. The van der Waals surface area contributed by atoms with Gasteiger partial charge in [-0.1, -0.05) is 6.42 Å². The summed E-state index contributed by atoms with van der Waals surface area (Å²) in [4.78, 5) is 11.5. The molecule has 1 aromatic carbocycles. The van der Waals surface area contributed by atoms with Crippen molar-refractivity contribution in [2.75, 3.05) is 25.6 Å². The molecule has 0 bridgehead atoms. The molecule has 4 heteroatoms. The minimum atomic E-state index is -0.317. The molecule has 0 saturated heterocycles. The van der Waals surface area contributed by atoms with Crippen molar-refractivity contribution in [1.82, 2.24) is 0 Å². The normalized spacial score (nSPS) is 19.8. The second kappa shape index (κ2) is 4.19. The van der Waals surface area contributed by atoms with E-state index in [0.717, 1.165) is 24.6 Å². The van der Waals surface area contributed by atoms with Crippen LogP contribution in [0.3, 0.4) is 0 Å². The van der Waals surface area contributed by atoms with Crippen molar-refractivity contribution in [3.8, 4) is 5.75 Å². The first-order valence-corrected chi connectivity index (χ1v) is 6.32. The smallest absolute Gasteiger partial charge is 0.337 e. The summed E-state index contributed by atoms with van der Waals surface area (Å²) in [6.07, 6.45) is 3.73. The van der Waals surface area contributed by atoms with E-state index in [1.807, 2.05) is 6.07 Å². The Bertz CT molecular complexity index is 480. The molecule has 0 atom stereocenters. The molecule has 1 aliphatic heterocycles. The van der Waals surface area contributed by atoms with Crippen molar-refractivity contribution < 1.29 is 14.3 Å². The molecular weight excluding hydrogens is 230 g/mol. The van der Waals surface area contributed by atoms with Crippen LogP contribution in [0.25, 0.3) is 0 Å². The molecule has 1 fully saturated rings. The van der Waals surface area contributed by atoms with Gasteiger partial charge in [-0.15, -0.1) is 0 Å². The number of benzene rings is 1. The number of fused-ring (bicyclic) bond motifs is 1. The third-order valence-electron chi connectivity index (χ3n) is 4.00. The minimum Gasteiger partial charge on any atom is -0.491 e.